The van der Waals surface area contributed by atoms with Gasteiger partial charge in [0, 0.05) is 23.4 Å². The van der Waals surface area contributed by atoms with Crippen molar-refractivity contribution in [2.75, 3.05) is 18.8 Å². The summed E-state index contributed by atoms with van der Waals surface area (Å²) < 4.78 is 0. The molecule has 0 radical (unpaired) electrons. The molecule has 1 unspecified atom stereocenters. The second-order valence-electron chi connectivity index (χ2n) is 6.02. The molecule has 2 aromatic heterocycles. The number of nitrogens with zero attached hydrogens (tertiary/aromatic N) is 3. The SMILES string of the molecule is Cc1sc2ncnc(SCC(=O)N3CCCC(C)C3)c2c1C. The number of piperidine rings is 1. The molecule has 1 fully saturated rings. The maximum absolute atomic E-state index is 12.4. The lowest BCUT2D eigenvalue weighted by Gasteiger charge is -2.30. The number of rotatable bonds is 3. The van der Waals surface area contributed by atoms with E-state index in [0.29, 0.717) is 11.7 Å². The molecule has 118 valence electrons. The predicted octanol–water partition coefficient (Wildman–Crippen LogP) is 3.66. The molecule has 0 saturated carbocycles. The molecule has 0 aliphatic carbocycles. The third-order valence-electron chi connectivity index (χ3n) is 4.27. The van der Waals surface area contributed by atoms with Crippen LogP contribution in [-0.4, -0.2) is 39.6 Å². The fourth-order valence-electron chi connectivity index (χ4n) is 2.90. The minimum Gasteiger partial charge on any atom is -0.342 e. The first-order valence-electron chi connectivity index (χ1n) is 7.67. The topological polar surface area (TPSA) is 46.1 Å². The number of thiophene rings is 1. The van der Waals surface area contributed by atoms with Crippen LogP contribution in [0.15, 0.2) is 11.4 Å². The molecule has 1 atom stereocenters. The van der Waals surface area contributed by atoms with Crippen molar-refractivity contribution in [3.05, 3.63) is 16.8 Å². The molecule has 0 bridgehead atoms. The fraction of sp³-hybridized carbons (Fsp3) is 0.562. The monoisotopic (exact) mass is 335 g/mol. The minimum absolute atomic E-state index is 0.230. The van der Waals surface area contributed by atoms with Crippen molar-refractivity contribution in [3.8, 4) is 0 Å². The van der Waals surface area contributed by atoms with Crippen LogP contribution in [0.4, 0.5) is 0 Å². The molecule has 6 heteroatoms. The van der Waals surface area contributed by atoms with Gasteiger partial charge in [0.25, 0.3) is 0 Å². The van der Waals surface area contributed by atoms with Crippen molar-refractivity contribution in [2.24, 2.45) is 5.92 Å². The quantitative estimate of drug-likeness (QED) is 0.634. The first-order chi connectivity index (χ1) is 10.6. The highest BCUT2D eigenvalue weighted by Crippen LogP contribution is 2.34. The highest BCUT2D eigenvalue weighted by Gasteiger charge is 2.21. The lowest BCUT2D eigenvalue weighted by atomic mass is 10.0. The van der Waals surface area contributed by atoms with Crippen molar-refractivity contribution < 1.29 is 4.79 Å². The van der Waals surface area contributed by atoms with Crippen molar-refractivity contribution in [1.29, 1.82) is 0 Å². The Hall–Kier alpha value is -1.14. The lowest BCUT2D eigenvalue weighted by molar-refractivity contribution is -0.130. The molecule has 0 spiro atoms. The molecule has 22 heavy (non-hydrogen) atoms. The molecule has 0 N–H and O–H groups in total. The zero-order valence-electron chi connectivity index (χ0n) is 13.3. The zero-order chi connectivity index (χ0) is 15.7. The van der Waals surface area contributed by atoms with Crippen LogP contribution in [0.1, 0.15) is 30.2 Å². The van der Waals surface area contributed by atoms with Crippen LogP contribution in [0.25, 0.3) is 10.2 Å². The first kappa shape index (κ1) is 15.7. The van der Waals surface area contributed by atoms with Crippen LogP contribution in [0.5, 0.6) is 0 Å². The molecule has 1 aliphatic heterocycles. The van der Waals surface area contributed by atoms with E-state index in [2.05, 4.69) is 30.7 Å². The molecule has 2 aromatic rings. The van der Waals surface area contributed by atoms with Gasteiger partial charge in [0.1, 0.15) is 16.2 Å². The van der Waals surface area contributed by atoms with Gasteiger partial charge in [0.05, 0.1) is 5.75 Å². The van der Waals surface area contributed by atoms with Crippen molar-refractivity contribution in [2.45, 2.75) is 38.6 Å². The zero-order valence-corrected chi connectivity index (χ0v) is 14.9. The molecule has 3 heterocycles. The number of thioether (sulfide) groups is 1. The second-order valence-corrected chi connectivity index (χ2v) is 8.19. The standard InChI is InChI=1S/C16H21N3OS2/c1-10-5-4-6-19(7-10)13(20)8-21-15-14-11(2)12(3)22-16(14)18-9-17-15/h9-10H,4-8H2,1-3H3. The van der Waals surface area contributed by atoms with E-state index in [-0.39, 0.29) is 5.91 Å². The van der Waals surface area contributed by atoms with E-state index < -0.39 is 0 Å². The van der Waals surface area contributed by atoms with Gasteiger partial charge in [-0.05, 0) is 38.2 Å². The third-order valence-corrected chi connectivity index (χ3v) is 6.36. The van der Waals surface area contributed by atoms with Gasteiger partial charge in [-0.15, -0.1) is 11.3 Å². The number of carbonyl (C=O) groups is 1. The number of hydrogen-bond donors (Lipinski definition) is 0. The van der Waals surface area contributed by atoms with E-state index in [1.54, 1.807) is 29.4 Å². The number of amides is 1. The Kier molecular flexibility index (Phi) is 4.68. The Bertz CT molecular complexity index is 698. The number of carbonyl (C=O) groups excluding carboxylic acids is 1. The molecule has 0 aromatic carbocycles. The average molecular weight is 335 g/mol. The maximum Gasteiger partial charge on any atom is 0.232 e. The van der Waals surface area contributed by atoms with E-state index in [1.165, 1.54) is 16.9 Å². The summed E-state index contributed by atoms with van der Waals surface area (Å²) >= 11 is 3.24. The number of hydrogen-bond acceptors (Lipinski definition) is 5. The van der Waals surface area contributed by atoms with Crippen molar-refractivity contribution in [1.82, 2.24) is 14.9 Å². The summed E-state index contributed by atoms with van der Waals surface area (Å²) in [5.41, 5.74) is 1.24. The highest BCUT2D eigenvalue weighted by atomic mass is 32.2. The molecular formula is C16H21N3OS2. The summed E-state index contributed by atoms with van der Waals surface area (Å²) in [5.74, 6) is 1.32. The molecule has 1 aliphatic rings. The highest BCUT2D eigenvalue weighted by molar-refractivity contribution is 8.00. The number of likely N-dealkylation sites (tertiary alicyclic amines) is 1. The smallest absolute Gasteiger partial charge is 0.232 e. The van der Waals surface area contributed by atoms with Crippen LogP contribution in [0.3, 0.4) is 0 Å². The number of aromatic nitrogens is 2. The Morgan fingerprint density at radius 3 is 3.05 bits per heavy atom. The molecule has 3 rings (SSSR count). The van der Waals surface area contributed by atoms with Crippen molar-refractivity contribution >= 4 is 39.2 Å². The van der Waals surface area contributed by atoms with Gasteiger partial charge in [-0.1, -0.05) is 18.7 Å². The lowest BCUT2D eigenvalue weighted by Crippen LogP contribution is -2.40. The summed E-state index contributed by atoms with van der Waals surface area (Å²) in [5, 5.41) is 2.06. The normalized spacial score (nSPS) is 18.9. The Morgan fingerprint density at radius 1 is 1.45 bits per heavy atom. The van der Waals surface area contributed by atoms with Crippen LogP contribution in [0.2, 0.25) is 0 Å². The largest absolute Gasteiger partial charge is 0.342 e. The van der Waals surface area contributed by atoms with Crippen LogP contribution in [0, 0.1) is 19.8 Å². The van der Waals surface area contributed by atoms with Gasteiger partial charge in [0.2, 0.25) is 5.91 Å². The second kappa shape index (κ2) is 6.54. The average Bonchev–Trinajstić information content (AvgIpc) is 2.80. The predicted molar refractivity (Wildman–Crippen MR) is 92.6 cm³/mol. The van der Waals surface area contributed by atoms with Crippen LogP contribution < -0.4 is 0 Å². The van der Waals surface area contributed by atoms with Crippen LogP contribution in [-0.2, 0) is 4.79 Å². The molecule has 1 saturated heterocycles. The fourth-order valence-corrected chi connectivity index (χ4v) is 4.92. The summed E-state index contributed by atoms with van der Waals surface area (Å²) in [6.07, 6.45) is 3.96. The van der Waals surface area contributed by atoms with Crippen LogP contribution >= 0.6 is 23.1 Å². The Morgan fingerprint density at radius 2 is 2.27 bits per heavy atom. The Balaban J connectivity index is 1.72. The molecular weight excluding hydrogens is 314 g/mol. The molecule has 4 nitrogen and oxygen atoms in total. The van der Waals surface area contributed by atoms with E-state index in [9.17, 15) is 4.79 Å². The summed E-state index contributed by atoms with van der Waals surface area (Å²) in [6, 6.07) is 0. The van der Waals surface area contributed by atoms with E-state index >= 15 is 0 Å². The van der Waals surface area contributed by atoms with Gasteiger partial charge in [-0.3, -0.25) is 4.79 Å². The number of fused-ring (bicyclic) bond motifs is 1. The third kappa shape index (κ3) is 3.13. The maximum atomic E-state index is 12.4. The Labute approximate surface area is 139 Å². The first-order valence-corrected chi connectivity index (χ1v) is 9.47. The number of aryl methyl sites for hydroxylation is 2. The van der Waals surface area contributed by atoms with Gasteiger partial charge >= 0.3 is 0 Å². The molecule has 1 amide bonds. The summed E-state index contributed by atoms with van der Waals surface area (Å²) in [6.45, 7) is 8.23. The minimum atomic E-state index is 0.230. The van der Waals surface area contributed by atoms with Gasteiger partial charge < -0.3 is 4.90 Å². The van der Waals surface area contributed by atoms with E-state index in [4.69, 9.17) is 0 Å². The van der Waals surface area contributed by atoms with Gasteiger partial charge in [-0.25, -0.2) is 9.97 Å². The van der Waals surface area contributed by atoms with Crippen molar-refractivity contribution in [3.63, 3.8) is 0 Å². The summed E-state index contributed by atoms with van der Waals surface area (Å²) in [7, 11) is 0. The summed E-state index contributed by atoms with van der Waals surface area (Å²) in [4.78, 5) is 25.5. The van der Waals surface area contributed by atoms with E-state index in [0.717, 1.165) is 34.8 Å². The van der Waals surface area contributed by atoms with E-state index in [1.807, 2.05) is 4.90 Å². The van der Waals surface area contributed by atoms with Gasteiger partial charge in [0.15, 0.2) is 0 Å². The van der Waals surface area contributed by atoms with Gasteiger partial charge in [-0.2, -0.15) is 0 Å².